The molecule has 2 aliphatic rings. The fourth-order valence-corrected chi connectivity index (χ4v) is 4.05. The number of hydrogen-bond donors (Lipinski definition) is 2. The number of hydrogen-bond acceptors (Lipinski definition) is 4. The molecule has 7 heteroatoms. The van der Waals surface area contributed by atoms with Crippen LogP contribution in [0.1, 0.15) is 56.9 Å². The van der Waals surface area contributed by atoms with Gasteiger partial charge in [0.05, 0.1) is 0 Å². The molecule has 26 heavy (non-hydrogen) atoms. The molecule has 0 radical (unpaired) electrons. The zero-order chi connectivity index (χ0) is 16.8. The molecule has 5 nitrogen and oxygen atoms in total. The SMILES string of the molecule is Cl.Cl.NCC1(CC(=O)NCc2ccnc(N3CCCC3)c2)CCCCC1. The van der Waals surface area contributed by atoms with Crippen molar-refractivity contribution in [2.24, 2.45) is 11.1 Å². The lowest BCUT2D eigenvalue weighted by atomic mass is 9.71. The van der Waals surface area contributed by atoms with E-state index in [-0.39, 0.29) is 36.1 Å². The number of nitrogens with zero attached hydrogens (tertiary/aromatic N) is 2. The van der Waals surface area contributed by atoms with Gasteiger partial charge in [0.2, 0.25) is 5.91 Å². The highest BCUT2D eigenvalue weighted by molar-refractivity contribution is 5.85. The molecular formula is C19H32Cl2N4O. The molecule has 0 atom stereocenters. The van der Waals surface area contributed by atoms with Crippen LogP contribution in [0.5, 0.6) is 0 Å². The minimum Gasteiger partial charge on any atom is -0.357 e. The fourth-order valence-electron chi connectivity index (χ4n) is 4.05. The normalized spacial score (nSPS) is 18.6. The van der Waals surface area contributed by atoms with Crippen molar-refractivity contribution in [2.45, 2.75) is 57.9 Å². The van der Waals surface area contributed by atoms with Crippen molar-refractivity contribution in [3.05, 3.63) is 23.9 Å². The van der Waals surface area contributed by atoms with Crippen molar-refractivity contribution in [1.29, 1.82) is 0 Å². The molecule has 3 rings (SSSR count). The first kappa shape index (κ1) is 23.0. The van der Waals surface area contributed by atoms with E-state index in [1.807, 2.05) is 12.3 Å². The van der Waals surface area contributed by atoms with Crippen molar-refractivity contribution in [3.8, 4) is 0 Å². The molecule has 1 aliphatic carbocycles. The number of rotatable bonds is 6. The summed E-state index contributed by atoms with van der Waals surface area (Å²) in [5, 5.41) is 3.08. The standard InChI is InChI=1S/C19H30N4O.2ClH/c20-15-19(7-2-1-3-8-19)13-18(24)22-14-16-6-9-21-17(12-16)23-10-4-5-11-23;;/h6,9,12H,1-5,7-8,10-11,13-15,20H2,(H,22,24);2*1H. The van der Waals surface area contributed by atoms with Crippen LogP contribution in [0.25, 0.3) is 0 Å². The number of nitrogens with one attached hydrogen (secondary N) is 1. The molecule has 1 saturated heterocycles. The second-order valence-corrected chi connectivity index (χ2v) is 7.43. The van der Waals surface area contributed by atoms with Gasteiger partial charge in [-0.25, -0.2) is 4.98 Å². The maximum Gasteiger partial charge on any atom is 0.220 e. The third-order valence-electron chi connectivity index (χ3n) is 5.61. The zero-order valence-electron chi connectivity index (χ0n) is 15.4. The first-order chi connectivity index (χ1) is 11.7. The number of pyridine rings is 1. The van der Waals surface area contributed by atoms with Crippen LogP contribution in [-0.4, -0.2) is 30.5 Å². The largest absolute Gasteiger partial charge is 0.357 e. The molecule has 0 bridgehead atoms. The molecule has 0 aromatic carbocycles. The Bertz CT molecular complexity index is 558. The van der Waals surface area contributed by atoms with Gasteiger partial charge in [-0.05, 0) is 55.3 Å². The molecule has 2 heterocycles. The van der Waals surface area contributed by atoms with Crippen LogP contribution < -0.4 is 16.0 Å². The maximum atomic E-state index is 12.4. The molecule has 1 aromatic heterocycles. The summed E-state index contributed by atoms with van der Waals surface area (Å²) in [7, 11) is 0. The van der Waals surface area contributed by atoms with Gasteiger partial charge in [-0.2, -0.15) is 0 Å². The van der Waals surface area contributed by atoms with Gasteiger partial charge in [0, 0.05) is 32.3 Å². The van der Waals surface area contributed by atoms with Crippen molar-refractivity contribution < 1.29 is 4.79 Å². The minimum absolute atomic E-state index is 0. The van der Waals surface area contributed by atoms with Crippen LogP contribution in [-0.2, 0) is 11.3 Å². The number of carbonyl (C=O) groups is 1. The fraction of sp³-hybridized carbons (Fsp3) is 0.684. The zero-order valence-corrected chi connectivity index (χ0v) is 17.0. The lowest BCUT2D eigenvalue weighted by molar-refractivity contribution is -0.124. The van der Waals surface area contributed by atoms with Crippen LogP contribution in [0.3, 0.4) is 0 Å². The number of halogens is 2. The van der Waals surface area contributed by atoms with Crippen molar-refractivity contribution in [1.82, 2.24) is 10.3 Å². The Hall–Kier alpha value is -1.04. The minimum atomic E-state index is 0. The summed E-state index contributed by atoms with van der Waals surface area (Å²) in [5.41, 5.74) is 7.14. The summed E-state index contributed by atoms with van der Waals surface area (Å²) in [5.74, 6) is 1.16. The second-order valence-electron chi connectivity index (χ2n) is 7.43. The first-order valence-corrected chi connectivity index (χ1v) is 9.37. The average molecular weight is 403 g/mol. The topological polar surface area (TPSA) is 71.2 Å². The van der Waals surface area contributed by atoms with Gasteiger partial charge in [-0.1, -0.05) is 19.3 Å². The quantitative estimate of drug-likeness (QED) is 0.763. The third-order valence-corrected chi connectivity index (χ3v) is 5.61. The van der Waals surface area contributed by atoms with Gasteiger partial charge < -0.3 is 16.0 Å². The monoisotopic (exact) mass is 402 g/mol. The highest BCUT2D eigenvalue weighted by Gasteiger charge is 2.32. The molecule has 1 aromatic rings. The number of amides is 1. The second kappa shape index (κ2) is 11.0. The number of aromatic nitrogens is 1. The molecule has 1 saturated carbocycles. The predicted octanol–water partition coefficient (Wildman–Crippen LogP) is 3.44. The van der Waals surface area contributed by atoms with Gasteiger partial charge in [-0.3, -0.25) is 4.79 Å². The number of anilines is 1. The molecule has 0 spiro atoms. The number of carbonyl (C=O) groups excluding carboxylic acids is 1. The summed E-state index contributed by atoms with van der Waals surface area (Å²) in [4.78, 5) is 19.2. The Kier molecular flexibility index (Phi) is 9.69. The van der Waals surface area contributed by atoms with E-state index in [1.165, 1.54) is 32.1 Å². The Balaban J connectivity index is 0.00000169. The summed E-state index contributed by atoms with van der Waals surface area (Å²) >= 11 is 0. The molecular weight excluding hydrogens is 371 g/mol. The maximum absolute atomic E-state index is 12.4. The van der Waals surface area contributed by atoms with E-state index in [9.17, 15) is 4.79 Å². The third kappa shape index (κ3) is 6.00. The van der Waals surface area contributed by atoms with Gasteiger partial charge >= 0.3 is 0 Å². The van der Waals surface area contributed by atoms with Crippen LogP contribution >= 0.6 is 24.8 Å². The Labute approximate surface area is 169 Å². The van der Waals surface area contributed by atoms with Crippen LogP contribution in [0.4, 0.5) is 5.82 Å². The highest BCUT2D eigenvalue weighted by atomic mass is 35.5. The Morgan fingerprint density at radius 2 is 1.85 bits per heavy atom. The summed E-state index contributed by atoms with van der Waals surface area (Å²) in [6.07, 6.45) is 10.7. The summed E-state index contributed by atoms with van der Waals surface area (Å²) < 4.78 is 0. The van der Waals surface area contributed by atoms with Crippen molar-refractivity contribution >= 4 is 36.5 Å². The van der Waals surface area contributed by atoms with Crippen LogP contribution in [0.15, 0.2) is 18.3 Å². The van der Waals surface area contributed by atoms with Gasteiger partial charge in [0.15, 0.2) is 0 Å². The molecule has 1 aliphatic heterocycles. The van der Waals surface area contributed by atoms with E-state index in [1.54, 1.807) is 0 Å². The predicted molar refractivity (Wildman–Crippen MR) is 111 cm³/mol. The molecule has 1 amide bonds. The van der Waals surface area contributed by atoms with E-state index in [2.05, 4.69) is 21.3 Å². The molecule has 0 unspecified atom stereocenters. The smallest absolute Gasteiger partial charge is 0.220 e. The van der Waals surface area contributed by atoms with E-state index in [4.69, 9.17) is 5.73 Å². The van der Waals surface area contributed by atoms with Gasteiger partial charge in [-0.15, -0.1) is 24.8 Å². The van der Waals surface area contributed by atoms with Crippen molar-refractivity contribution in [3.63, 3.8) is 0 Å². The highest BCUT2D eigenvalue weighted by Crippen LogP contribution is 2.38. The van der Waals surface area contributed by atoms with E-state index in [0.717, 1.165) is 37.3 Å². The van der Waals surface area contributed by atoms with Gasteiger partial charge in [0.25, 0.3) is 0 Å². The van der Waals surface area contributed by atoms with Crippen molar-refractivity contribution in [2.75, 3.05) is 24.5 Å². The lowest BCUT2D eigenvalue weighted by Gasteiger charge is -2.35. The van der Waals surface area contributed by atoms with Crippen LogP contribution in [0, 0.1) is 5.41 Å². The molecule has 3 N–H and O–H groups in total. The van der Waals surface area contributed by atoms with E-state index < -0.39 is 0 Å². The average Bonchev–Trinajstić information content (AvgIpc) is 3.16. The Morgan fingerprint density at radius 3 is 2.50 bits per heavy atom. The molecule has 148 valence electrons. The lowest BCUT2D eigenvalue weighted by Crippen LogP contribution is -2.38. The first-order valence-electron chi connectivity index (χ1n) is 9.37. The summed E-state index contributed by atoms with van der Waals surface area (Å²) in [6.45, 7) is 3.36. The van der Waals surface area contributed by atoms with Gasteiger partial charge in [0.1, 0.15) is 5.82 Å². The Morgan fingerprint density at radius 1 is 1.15 bits per heavy atom. The molecule has 2 fully saturated rings. The van der Waals surface area contributed by atoms with E-state index in [0.29, 0.717) is 19.5 Å². The summed E-state index contributed by atoms with van der Waals surface area (Å²) in [6, 6.07) is 4.09. The number of nitrogens with two attached hydrogens (primary N) is 1. The van der Waals surface area contributed by atoms with Crippen LogP contribution in [0.2, 0.25) is 0 Å². The van der Waals surface area contributed by atoms with E-state index >= 15 is 0 Å².